The molecule has 5 heteroatoms. The molecule has 1 nitrogen and oxygen atoms in total. The summed E-state index contributed by atoms with van der Waals surface area (Å²) in [5.74, 6) is 0. The fourth-order valence-electron chi connectivity index (χ4n) is 0.877. The van der Waals surface area contributed by atoms with Gasteiger partial charge in [0, 0.05) is 20.1 Å². The molecule has 0 unspecified atom stereocenters. The van der Waals surface area contributed by atoms with Gasteiger partial charge in [-0.3, -0.25) is 4.79 Å². The second kappa shape index (κ2) is 4.28. The van der Waals surface area contributed by atoms with Gasteiger partial charge in [0.15, 0.2) is 6.29 Å². The van der Waals surface area contributed by atoms with Crippen LogP contribution in [0.15, 0.2) is 21.1 Å². The maximum Gasteiger partial charge on any atom is 0.264 e. The molecule has 0 aliphatic heterocycles. The molecule has 13 heavy (non-hydrogen) atoms. The number of carbonyl (C=O) groups is 1. The van der Waals surface area contributed by atoms with Crippen LogP contribution in [-0.2, 0) is 0 Å². The zero-order valence-corrected chi connectivity index (χ0v) is 9.40. The zero-order chi connectivity index (χ0) is 10.0. The summed E-state index contributed by atoms with van der Waals surface area (Å²) in [6.07, 6.45) is -2.06. The highest BCUT2D eigenvalue weighted by Gasteiger charge is 2.15. The Balaban J connectivity index is 3.35. The lowest BCUT2D eigenvalue weighted by molar-refractivity contribution is 0.112. The van der Waals surface area contributed by atoms with Crippen molar-refractivity contribution < 1.29 is 13.6 Å². The molecule has 0 amide bonds. The summed E-state index contributed by atoms with van der Waals surface area (Å²) < 4.78 is 25.3. The summed E-state index contributed by atoms with van der Waals surface area (Å²) >= 11 is 5.99. The molecule has 0 bridgehead atoms. The first-order valence-corrected chi connectivity index (χ1v) is 4.87. The maximum absolute atomic E-state index is 12.4. The van der Waals surface area contributed by atoms with Gasteiger partial charge in [-0.2, -0.15) is 0 Å². The van der Waals surface area contributed by atoms with E-state index in [1.807, 2.05) is 0 Å². The van der Waals surface area contributed by atoms with Crippen LogP contribution >= 0.6 is 31.9 Å². The van der Waals surface area contributed by atoms with Crippen LogP contribution in [-0.4, -0.2) is 6.29 Å². The maximum atomic E-state index is 12.4. The van der Waals surface area contributed by atoms with Crippen LogP contribution in [0.2, 0.25) is 0 Å². The number of benzene rings is 1. The second-order valence-corrected chi connectivity index (χ2v) is 4.03. The number of hydrogen-bond donors (Lipinski definition) is 0. The van der Waals surface area contributed by atoms with Crippen LogP contribution in [0.1, 0.15) is 22.3 Å². The first-order valence-electron chi connectivity index (χ1n) is 3.28. The minimum atomic E-state index is -2.59. The number of rotatable bonds is 2. The van der Waals surface area contributed by atoms with Gasteiger partial charge in [0.25, 0.3) is 6.43 Å². The van der Waals surface area contributed by atoms with Crippen molar-refractivity contribution in [1.82, 2.24) is 0 Å². The Morgan fingerprint density at radius 2 is 1.92 bits per heavy atom. The van der Waals surface area contributed by atoms with Crippen LogP contribution in [0.3, 0.4) is 0 Å². The minimum absolute atomic E-state index is 0.153. The van der Waals surface area contributed by atoms with Gasteiger partial charge in [-0.1, -0.05) is 15.9 Å². The van der Waals surface area contributed by atoms with E-state index < -0.39 is 6.43 Å². The summed E-state index contributed by atoms with van der Waals surface area (Å²) in [4.78, 5) is 10.5. The van der Waals surface area contributed by atoms with Gasteiger partial charge >= 0.3 is 0 Å². The number of carbonyl (C=O) groups excluding carboxylic acids is 1. The Morgan fingerprint density at radius 1 is 1.31 bits per heavy atom. The van der Waals surface area contributed by atoms with Gasteiger partial charge < -0.3 is 0 Å². The van der Waals surface area contributed by atoms with Crippen LogP contribution in [0.25, 0.3) is 0 Å². The lowest BCUT2D eigenvalue weighted by atomic mass is 10.1. The topological polar surface area (TPSA) is 17.1 Å². The summed E-state index contributed by atoms with van der Waals surface area (Å²) in [5, 5.41) is 0. The summed E-state index contributed by atoms with van der Waals surface area (Å²) in [6.45, 7) is 0. The largest absolute Gasteiger partial charge is 0.298 e. The fraction of sp³-hybridized carbons (Fsp3) is 0.125. The van der Waals surface area contributed by atoms with Crippen LogP contribution in [0.4, 0.5) is 8.78 Å². The molecule has 0 aliphatic rings. The van der Waals surface area contributed by atoms with E-state index in [-0.39, 0.29) is 15.6 Å². The summed E-state index contributed by atoms with van der Waals surface area (Å²) in [6, 6.07) is 2.75. The highest BCUT2D eigenvalue weighted by Crippen LogP contribution is 2.32. The first kappa shape index (κ1) is 10.8. The molecule has 0 saturated heterocycles. The van der Waals surface area contributed by atoms with Crippen LogP contribution in [0, 0.1) is 0 Å². The summed E-state index contributed by atoms with van der Waals surface area (Å²) in [7, 11) is 0. The Hall–Kier alpha value is -0.290. The highest BCUT2D eigenvalue weighted by molar-refractivity contribution is 9.11. The summed E-state index contributed by atoms with van der Waals surface area (Å²) in [5.41, 5.74) is 0.0288. The van der Waals surface area contributed by atoms with Crippen molar-refractivity contribution in [3.63, 3.8) is 0 Å². The van der Waals surface area contributed by atoms with E-state index >= 15 is 0 Å². The molecule has 1 rings (SSSR count). The average Bonchev–Trinajstić information content (AvgIpc) is 2.08. The third kappa shape index (κ3) is 2.34. The number of aldehydes is 1. The Kier molecular flexibility index (Phi) is 3.55. The quantitative estimate of drug-likeness (QED) is 0.755. The van der Waals surface area contributed by atoms with E-state index in [4.69, 9.17) is 0 Å². The van der Waals surface area contributed by atoms with Crippen molar-refractivity contribution >= 4 is 38.1 Å². The fourth-order valence-corrected chi connectivity index (χ4v) is 1.87. The normalized spacial score (nSPS) is 10.5. The molecule has 0 saturated carbocycles. The van der Waals surface area contributed by atoms with E-state index in [0.717, 1.165) is 0 Å². The minimum Gasteiger partial charge on any atom is -0.298 e. The Morgan fingerprint density at radius 3 is 2.38 bits per heavy atom. The second-order valence-electron chi connectivity index (χ2n) is 2.32. The van der Waals surface area contributed by atoms with Crippen molar-refractivity contribution in [2.75, 3.05) is 0 Å². The van der Waals surface area contributed by atoms with Crippen molar-refractivity contribution in [2.45, 2.75) is 6.43 Å². The van der Waals surface area contributed by atoms with E-state index in [1.54, 1.807) is 0 Å². The third-order valence-electron chi connectivity index (χ3n) is 1.46. The van der Waals surface area contributed by atoms with E-state index in [2.05, 4.69) is 31.9 Å². The molecule has 0 heterocycles. The van der Waals surface area contributed by atoms with Gasteiger partial charge in [-0.05, 0) is 28.1 Å². The lowest BCUT2D eigenvalue weighted by Gasteiger charge is -2.05. The smallest absolute Gasteiger partial charge is 0.264 e. The van der Waals surface area contributed by atoms with Gasteiger partial charge in [-0.25, -0.2) is 8.78 Å². The van der Waals surface area contributed by atoms with E-state index in [1.165, 1.54) is 12.1 Å². The molecule has 0 aromatic heterocycles. The molecule has 0 atom stereocenters. The van der Waals surface area contributed by atoms with Gasteiger partial charge in [0.05, 0.1) is 0 Å². The standard InChI is InChI=1S/C8H4Br2F2O/c9-5-1-4(3-13)7(10)6(2-5)8(11)12/h1-3,8H. The molecule has 0 spiro atoms. The van der Waals surface area contributed by atoms with Crippen LogP contribution < -0.4 is 0 Å². The predicted molar refractivity (Wildman–Crippen MR) is 52.2 cm³/mol. The molecule has 1 aromatic rings. The third-order valence-corrected chi connectivity index (χ3v) is 2.83. The molecule has 0 radical (unpaired) electrons. The van der Waals surface area contributed by atoms with Crippen molar-refractivity contribution in [3.8, 4) is 0 Å². The molecule has 0 fully saturated rings. The van der Waals surface area contributed by atoms with Gasteiger partial charge in [0.1, 0.15) is 0 Å². The van der Waals surface area contributed by atoms with E-state index in [9.17, 15) is 13.6 Å². The van der Waals surface area contributed by atoms with Gasteiger partial charge in [-0.15, -0.1) is 0 Å². The zero-order valence-electron chi connectivity index (χ0n) is 6.23. The molecular formula is C8H4Br2F2O. The average molecular weight is 314 g/mol. The van der Waals surface area contributed by atoms with Crippen molar-refractivity contribution in [1.29, 1.82) is 0 Å². The molecule has 1 aromatic carbocycles. The number of halogens is 4. The molecule has 70 valence electrons. The Bertz CT molecular complexity index is 339. The monoisotopic (exact) mass is 312 g/mol. The highest BCUT2D eigenvalue weighted by atomic mass is 79.9. The number of alkyl halides is 2. The molecule has 0 N–H and O–H groups in total. The molecule has 0 aliphatic carbocycles. The van der Waals surface area contributed by atoms with Crippen molar-refractivity contribution in [3.05, 3.63) is 32.2 Å². The van der Waals surface area contributed by atoms with Gasteiger partial charge in [0.2, 0.25) is 0 Å². The number of hydrogen-bond acceptors (Lipinski definition) is 1. The lowest BCUT2D eigenvalue weighted by Crippen LogP contribution is -1.92. The SMILES string of the molecule is O=Cc1cc(Br)cc(C(F)F)c1Br. The van der Waals surface area contributed by atoms with E-state index in [0.29, 0.717) is 10.8 Å². The van der Waals surface area contributed by atoms with Crippen LogP contribution in [0.5, 0.6) is 0 Å². The first-order chi connectivity index (χ1) is 6.06. The Labute approximate surface area is 90.4 Å². The predicted octanol–water partition coefficient (Wildman–Crippen LogP) is 3.96. The molecular weight excluding hydrogens is 310 g/mol. The van der Waals surface area contributed by atoms with Crippen molar-refractivity contribution in [2.24, 2.45) is 0 Å².